The Bertz CT molecular complexity index is 361. The van der Waals surface area contributed by atoms with E-state index in [0.717, 1.165) is 28.6 Å². The number of ether oxygens (including phenoxy) is 1. The fraction of sp³-hybridized carbons (Fsp3) is 0.462. The predicted molar refractivity (Wildman–Crippen MR) is 68.9 cm³/mol. The van der Waals surface area contributed by atoms with Crippen LogP contribution in [0.3, 0.4) is 0 Å². The molecular weight excluding hydrogens is 268 g/mol. The maximum Gasteiger partial charge on any atom is 0.137 e. The highest BCUT2D eigenvalue weighted by Gasteiger charge is 2.08. The zero-order chi connectivity index (χ0) is 12.0. The molecule has 0 fully saturated rings. The first-order valence-electron chi connectivity index (χ1n) is 5.51. The van der Waals surface area contributed by atoms with Gasteiger partial charge in [-0.1, -0.05) is 29.3 Å². The Hall–Kier alpha value is -0.830. The Morgan fingerprint density at radius 1 is 1.44 bits per heavy atom. The summed E-state index contributed by atoms with van der Waals surface area (Å²) < 4.78 is 6.21. The van der Waals surface area contributed by atoms with Gasteiger partial charge in [-0.2, -0.15) is 0 Å². The van der Waals surface area contributed by atoms with Gasteiger partial charge in [-0.05, 0) is 24.6 Å². The second kappa shape index (κ2) is 6.69. The quantitative estimate of drug-likeness (QED) is 0.795. The van der Waals surface area contributed by atoms with Crippen LogP contribution >= 0.6 is 15.9 Å². The monoisotopic (exact) mass is 284 g/mol. The topological polar surface area (TPSA) is 26.3 Å². The summed E-state index contributed by atoms with van der Waals surface area (Å²) in [5.74, 6) is 1.06. The molecular formula is C13H17BrO2. The minimum absolute atomic E-state index is 0.276. The van der Waals surface area contributed by atoms with Gasteiger partial charge < -0.3 is 4.74 Å². The van der Waals surface area contributed by atoms with Crippen molar-refractivity contribution in [1.29, 1.82) is 0 Å². The van der Waals surface area contributed by atoms with E-state index >= 15 is 0 Å². The molecule has 0 amide bonds. The number of halogens is 1. The van der Waals surface area contributed by atoms with E-state index in [2.05, 4.69) is 22.9 Å². The average molecular weight is 285 g/mol. The summed E-state index contributed by atoms with van der Waals surface area (Å²) in [4.78, 5) is 11.7. The standard InChI is InChI=1S/C13H17BrO2/c1-3-4-5-12(15)9-10-8-11(14)6-7-13(10)16-2/h6-8H,3-5,9H2,1-2H3. The normalized spacial score (nSPS) is 10.2. The van der Waals surface area contributed by atoms with Crippen molar-refractivity contribution < 1.29 is 9.53 Å². The third-order valence-electron chi connectivity index (χ3n) is 2.44. The van der Waals surface area contributed by atoms with Gasteiger partial charge in [-0.3, -0.25) is 4.79 Å². The zero-order valence-corrected chi connectivity index (χ0v) is 11.3. The molecule has 0 saturated heterocycles. The molecule has 0 N–H and O–H groups in total. The highest BCUT2D eigenvalue weighted by Crippen LogP contribution is 2.23. The number of ketones is 1. The van der Waals surface area contributed by atoms with E-state index in [1.165, 1.54) is 0 Å². The molecule has 2 nitrogen and oxygen atoms in total. The predicted octanol–water partition coefficient (Wildman–Crippen LogP) is 3.76. The first-order chi connectivity index (χ1) is 7.67. The lowest BCUT2D eigenvalue weighted by molar-refractivity contribution is -0.118. The summed E-state index contributed by atoms with van der Waals surface area (Å²) in [7, 11) is 1.63. The van der Waals surface area contributed by atoms with Crippen LogP contribution in [0.15, 0.2) is 22.7 Å². The number of hydrogen-bond acceptors (Lipinski definition) is 2. The second-order valence-electron chi connectivity index (χ2n) is 3.78. The van der Waals surface area contributed by atoms with Gasteiger partial charge in [-0.25, -0.2) is 0 Å². The van der Waals surface area contributed by atoms with Gasteiger partial charge in [-0.15, -0.1) is 0 Å². The van der Waals surface area contributed by atoms with Gasteiger partial charge >= 0.3 is 0 Å². The molecule has 0 aliphatic carbocycles. The lowest BCUT2D eigenvalue weighted by Crippen LogP contribution is -2.04. The van der Waals surface area contributed by atoms with Crippen molar-refractivity contribution in [2.45, 2.75) is 32.6 Å². The van der Waals surface area contributed by atoms with Gasteiger partial charge in [0.25, 0.3) is 0 Å². The summed E-state index contributed by atoms with van der Waals surface area (Å²) >= 11 is 3.40. The van der Waals surface area contributed by atoms with E-state index in [-0.39, 0.29) is 5.78 Å². The number of rotatable bonds is 6. The van der Waals surface area contributed by atoms with Gasteiger partial charge in [0.1, 0.15) is 11.5 Å². The Morgan fingerprint density at radius 3 is 2.81 bits per heavy atom. The van der Waals surface area contributed by atoms with Crippen molar-refractivity contribution in [2.24, 2.45) is 0 Å². The van der Waals surface area contributed by atoms with Crippen LogP contribution in [0, 0.1) is 0 Å². The molecule has 0 aliphatic heterocycles. The molecule has 88 valence electrons. The maximum atomic E-state index is 11.7. The van der Waals surface area contributed by atoms with Crippen molar-refractivity contribution in [3.8, 4) is 5.75 Å². The number of carbonyl (C=O) groups is 1. The van der Waals surface area contributed by atoms with Crippen molar-refractivity contribution in [2.75, 3.05) is 7.11 Å². The number of carbonyl (C=O) groups excluding carboxylic acids is 1. The van der Waals surface area contributed by atoms with E-state index in [1.807, 2.05) is 18.2 Å². The van der Waals surface area contributed by atoms with Crippen LogP contribution in [-0.4, -0.2) is 12.9 Å². The number of methoxy groups -OCH3 is 1. The van der Waals surface area contributed by atoms with Crippen LogP contribution in [0.25, 0.3) is 0 Å². The van der Waals surface area contributed by atoms with Crippen LogP contribution in [0.4, 0.5) is 0 Å². The first-order valence-corrected chi connectivity index (χ1v) is 6.30. The first kappa shape index (κ1) is 13.2. The molecule has 16 heavy (non-hydrogen) atoms. The highest BCUT2D eigenvalue weighted by molar-refractivity contribution is 9.10. The molecule has 0 heterocycles. The molecule has 1 rings (SSSR count). The number of hydrogen-bond donors (Lipinski definition) is 0. The van der Waals surface area contributed by atoms with E-state index in [4.69, 9.17) is 4.74 Å². The lowest BCUT2D eigenvalue weighted by Gasteiger charge is -2.08. The van der Waals surface area contributed by atoms with Crippen LogP contribution in [0.1, 0.15) is 31.7 Å². The van der Waals surface area contributed by atoms with Gasteiger partial charge in [0.05, 0.1) is 7.11 Å². The van der Waals surface area contributed by atoms with Crippen molar-refractivity contribution in [3.63, 3.8) is 0 Å². The van der Waals surface area contributed by atoms with Crippen LogP contribution < -0.4 is 4.74 Å². The smallest absolute Gasteiger partial charge is 0.137 e. The molecule has 0 aliphatic rings. The highest BCUT2D eigenvalue weighted by atomic mass is 79.9. The van der Waals surface area contributed by atoms with Crippen LogP contribution in [-0.2, 0) is 11.2 Å². The Morgan fingerprint density at radius 2 is 2.19 bits per heavy atom. The van der Waals surface area contributed by atoms with Gasteiger partial charge in [0.15, 0.2) is 0 Å². The Balaban J connectivity index is 2.71. The second-order valence-corrected chi connectivity index (χ2v) is 4.69. The third kappa shape index (κ3) is 3.97. The molecule has 1 aromatic rings. The minimum atomic E-state index is 0.276. The molecule has 0 radical (unpaired) electrons. The fourth-order valence-corrected chi connectivity index (χ4v) is 1.97. The summed E-state index contributed by atoms with van der Waals surface area (Å²) in [5.41, 5.74) is 0.956. The van der Waals surface area contributed by atoms with E-state index < -0.39 is 0 Å². The Labute approximate surface area is 105 Å². The van der Waals surface area contributed by atoms with E-state index in [9.17, 15) is 4.79 Å². The van der Waals surface area contributed by atoms with Gasteiger partial charge in [0.2, 0.25) is 0 Å². The molecule has 1 aromatic carbocycles. The van der Waals surface area contributed by atoms with Crippen LogP contribution in [0.2, 0.25) is 0 Å². The SMILES string of the molecule is CCCCC(=O)Cc1cc(Br)ccc1OC. The van der Waals surface area contributed by atoms with E-state index in [1.54, 1.807) is 7.11 Å². The largest absolute Gasteiger partial charge is 0.496 e. The number of benzene rings is 1. The zero-order valence-electron chi connectivity index (χ0n) is 9.75. The summed E-state index contributed by atoms with van der Waals surface area (Å²) in [6.45, 7) is 2.09. The van der Waals surface area contributed by atoms with Crippen molar-refractivity contribution in [3.05, 3.63) is 28.2 Å². The summed E-state index contributed by atoms with van der Waals surface area (Å²) in [5, 5.41) is 0. The van der Waals surface area contributed by atoms with Crippen molar-refractivity contribution >= 4 is 21.7 Å². The number of Topliss-reactive ketones (excluding diaryl/α,β-unsaturated/α-hetero) is 1. The third-order valence-corrected chi connectivity index (χ3v) is 2.93. The number of unbranched alkanes of at least 4 members (excludes halogenated alkanes) is 1. The fourth-order valence-electron chi connectivity index (χ4n) is 1.56. The average Bonchev–Trinajstić information content (AvgIpc) is 2.27. The molecule has 0 saturated carbocycles. The molecule has 0 spiro atoms. The Kier molecular flexibility index (Phi) is 5.53. The van der Waals surface area contributed by atoms with Gasteiger partial charge in [0, 0.05) is 22.9 Å². The van der Waals surface area contributed by atoms with Crippen LogP contribution in [0.5, 0.6) is 5.75 Å². The summed E-state index contributed by atoms with van der Waals surface area (Å²) in [6.07, 6.45) is 3.14. The molecule has 0 bridgehead atoms. The minimum Gasteiger partial charge on any atom is -0.496 e. The molecule has 3 heteroatoms. The lowest BCUT2D eigenvalue weighted by atomic mass is 10.0. The maximum absolute atomic E-state index is 11.7. The van der Waals surface area contributed by atoms with Crippen molar-refractivity contribution in [1.82, 2.24) is 0 Å². The molecule has 0 atom stereocenters. The van der Waals surface area contributed by atoms with E-state index in [0.29, 0.717) is 12.8 Å². The summed E-state index contributed by atoms with van der Waals surface area (Å²) in [6, 6.07) is 5.74. The molecule has 0 aromatic heterocycles. The molecule has 0 unspecified atom stereocenters.